The van der Waals surface area contributed by atoms with Crippen LogP contribution in [0.3, 0.4) is 0 Å². The summed E-state index contributed by atoms with van der Waals surface area (Å²) in [5.41, 5.74) is 2.59. The van der Waals surface area contributed by atoms with Crippen molar-refractivity contribution in [1.82, 2.24) is 15.5 Å². The fourth-order valence-electron chi connectivity index (χ4n) is 1.84. The molecule has 90 valence electrons. The second-order valence-corrected chi connectivity index (χ2v) is 4.19. The van der Waals surface area contributed by atoms with Crippen LogP contribution in [0.25, 0.3) is 0 Å². The molecule has 1 N–H and O–H groups in total. The van der Waals surface area contributed by atoms with Crippen molar-refractivity contribution >= 4 is 0 Å². The molecule has 0 aliphatic carbocycles. The SMILES string of the molecule is Cc1nc(CN[C@@H](C)c2ccccc2C)no1. The van der Waals surface area contributed by atoms with Gasteiger partial charge in [-0.1, -0.05) is 29.4 Å². The Kier molecular flexibility index (Phi) is 3.54. The van der Waals surface area contributed by atoms with Gasteiger partial charge < -0.3 is 9.84 Å². The van der Waals surface area contributed by atoms with Crippen LogP contribution in [0.15, 0.2) is 28.8 Å². The second-order valence-electron chi connectivity index (χ2n) is 4.19. The Morgan fingerprint density at radius 1 is 1.29 bits per heavy atom. The van der Waals surface area contributed by atoms with E-state index in [0.717, 1.165) is 0 Å². The maximum absolute atomic E-state index is 4.93. The highest BCUT2D eigenvalue weighted by Gasteiger charge is 2.09. The van der Waals surface area contributed by atoms with Crippen LogP contribution in [0.5, 0.6) is 0 Å². The van der Waals surface area contributed by atoms with Gasteiger partial charge in [0.2, 0.25) is 5.89 Å². The number of aryl methyl sites for hydroxylation is 2. The van der Waals surface area contributed by atoms with E-state index in [1.165, 1.54) is 11.1 Å². The lowest BCUT2D eigenvalue weighted by Gasteiger charge is -2.15. The molecule has 0 aliphatic heterocycles. The molecule has 0 aliphatic rings. The van der Waals surface area contributed by atoms with Gasteiger partial charge in [-0.15, -0.1) is 0 Å². The molecule has 2 aromatic rings. The van der Waals surface area contributed by atoms with Crippen molar-refractivity contribution < 1.29 is 4.52 Å². The molecular formula is C13H17N3O. The average molecular weight is 231 g/mol. The Labute approximate surface area is 101 Å². The van der Waals surface area contributed by atoms with Crippen molar-refractivity contribution in [3.63, 3.8) is 0 Å². The summed E-state index contributed by atoms with van der Waals surface area (Å²) in [7, 11) is 0. The van der Waals surface area contributed by atoms with E-state index >= 15 is 0 Å². The van der Waals surface area contributed by atoms with Crippen LogP contribution in [0.1, 0.15) is 35.8 Å². The maximum atomic E-state index is 4.93. The molecule has 17 heavy (non-hydrogen) atoms. The van der Waals surface area contributed by atoms with Gasteiger partial charge in [-0.25, -0.2) is 0 Å². The van der Waals surface area contributed by atoms with Gasteiger partial charge in [0.25, 0.3) is 0 Å². The third-order valence-corrected chi connectivity index (χ3v) is 2.79. The molecule has 0 saturated carbocycles. The number of hydrogen-bond donors (Lipinski definition) is 1. The van der Waals surface area contributed by atoms with Gasteiger partial charge in [0, 0.05) is 13.0 Å². The summed E-state index contributed by atoms with van der Waals surface area (Å²) in [5.74, 6) is 1.30. The number of nitrogens with one attached hydrogen (secondary N) is 1. The van der Waals surface area contributed by atoms with Crippen LogP contribution in [0.4, 0.5) is 0 Å². The fourth-order valence-corrected chi connectivity index (χ4v) is 1.84. The number of benzene rings is 1. The smallest absolute Gasteiger partial charge is 0.223 e. The van der Waals surface area contributed by atoms with Crippen LogP contribution in [-0.2, 0) is 6.54 Å². The molecule has 1 aromatic heterocycles. The van der Waals surface area contributed by atoms with Crippen LogP contribution >= 0.6 is 0 Å². The van der Waals surface area contributed by atoms with E-state index in [1.54, 1.807) is 6.92 Å². The molecule has 0 amide bonds. The van der Waals surface area contributed by atoms with Crippen LogP contribution in [0, 0.1) is 13.8 Å². The van der Waals surface area contributed by atoms with Crippen LogP contribution < -0.4 is 5.32 Å². The van der Waals surface area contributed by atoms with Gasteiger partial charge in [0.15, 0.2) is 5.82 Å². The van der Waals surface area contributed by atoms with Crippen molar-refractivity contribution in [2.75, 3.05) is 0 Å². The first-order chi connectivity index (χ1) is 8.16. The van der Waals surface area contributed by atoms with Crippen LogP contribution in [-0.4, -0.2) is 10.1 Å². The fraction of sp³-hybridized carbons (Fsp3) is 0.385. The predicted octanol–water partition coefficient (Wildman–Crippen LogP) is 2.54. The minimum atomic E-state index is 0.273. The average Bonchev–Trinajstić information content (AvgIpc) is 2.73. The Hall–Kier alpha value is -1.68. The maximum Gasteiger partial charge on any atom is 0.223 e. The Morgan fingerprint density at radius 2 is 2.06 bits per heavy atom. The largest absolute Gasteiger partial charge is 0.340 e. The molecule has 4 nitrogen and oxygen atoms in total. The Balaban J connectivity index is 1.98. The highest BCUT2D eigenvalue weighted by Crippen LogP contribution is 2.16. The Morgan fingerprint density at radius 3 is 2.71 bits per heavy atom. The molecule has 0 spiro atoms. The monoisotopic (exact) mass is 231 g/mol. The quantitative estimate of drug-likeness (QED) is 0.878. The zero-order valence-electron chi connectivity index (χ0n) is 10.4. The third kappa shape index (κ3) is 2.91. The molecule has 1 aromatic carbocycles. The van der Waals surface area contributed by atoms with Gasteiger partial charge in [-0.05, 0) is 25.0 Å². The van der Waals surface area contributed by atoms with Crippen molar-refractivity contribution in [2.24, 2.45) is 0 Å². The molecule has 4 heteroatoms. The predicted molar refractivity (Wildman–Crippen MR) is 65.5 cm³/mol. The first kappa shape index (κ1) is 11.8. The first-order valence-electron chi connectivity index (χ1n) is 5.75. The van der Waals surface area contributed by atoms with E-state index in [2.05, 4.69) is 47.5 Å². The summed E-state index contributed by atoms with van der Waals surface area (Å²) in [6.07, 6.45) is 0. The lowest BCUT2D eigenvalue weighted by molar-refractivity contribution is 0.384. The number of hydrogen-bond acceptors (Lipinski definition) is 4. The van der Waals surface area contributed by atoms with Crippen molar-refractivity contribution in [1.29, 1.82) is 0 Å². The van der Waals surface area contributed by atoms with Gasteiger partial charge in [-0.3, -0.25) is 0 Å². The normalized spacial score (nSPS) is 12.6. The van der Waals surface area contributed by atoms with Crippen molar-refractivity contribution in [2.45, 2.75) is 33.4 Å². The zero-order chi connectivity index (χ0) is 12.3. The molecule has 0 unspecified atom stereocenters. The number of rotatable bonds is 4. The van der Waals surface area contributed by atoms with E-state index < -0.39 is 0 Å². The van der Waals surface area contributed by atoms with Crippen LogP contribution in [0.2, 0.25) is 0 Å². The second kappa shape index (κ2) is 5.10. The van der Waals surface area contributed by atoms with E-state index in [0.29, 0.717) is 18.3 Å². The minimum Gasteiger partial charge on any atom is -0.340 e. The van der Waals surface area contributed by atoms with E-state index in [1.807, 2.05) is 6.07 Å². The number of aromatic nitrogens is 2. The molecule has 0 saturated heterocycles. The lowest BCUT2D eigenvalue weighted by atomic mass is 10.0. The minimum absolute atomic E-state index is 0.273. The zero-order valence-corrected chi connectivity index (χ0v) is 10.4. The standard InChI is InChI=1S/C13H17N3O/c1-9-6-4-5-7-12(9)10(2)14-8-13-15-11(3)17-16-13/h4-7,10,14H,8H2,1-3H3/t10-/m0/s1. The van der Waals surface area contributed by atoms with Crippen molar-refractivity contribution in [3.05, 3.63) is 47.1 Å². The summed E-state index contributed by atoms with van der Waals surface area (Å²) in [6.45, 7) is 6.66. The summed E-state index contributed by atoms with van der Waals surface area (Å²) in [4.78, 5) is 4.16. The highest BCUT2D eigenvalue weighted by atomic mass is 16.5. The third-order valence-electron chi connectivity index (χ3n) is 2.79. The van der Waals surface area contributed by atoms with E-state index in [-0.39, 0.29) is 6.04 Å². The summed E-state index contributed by atoms with van der Waals surface area (Å²) >= 11 is 0. The molecule has 0 bridgehead atoms. The van der Waals surface area contributed by atoms with E-state index in [4.69, 9.17) is 4.52 Å². The summed E-state index contributed by atoms with van der Waals surface area (Å²) < 4.78 is 4.93. The molecular weight excluding hydrogens is 214 g/mol. The van der Waals surface area contributed by atoms with Crippen molar-refractivity contribution in [3.8, 4) is 0 Å². The first-order valence-corrected chi connectivity index (χ1v) is 5.75. The van der Waals surface area contributed by atoms with Gasteiger partial charge >= 0.3 is 0 Å². The molecule has 1 atom stereocenters. The van der Waals surface area contributed by atoms with Gasteiger partial charge in [0.05, 0.1) is 6.54 Å². The highest BCUT2D eigenvalue weighted by molar-refractivity contribution is 5.28. The summed E-state index contributed by atoms with van der Waals surface area (Å²) in [5, 5.41) is 7.24. The van der Waals surface area contributed by atoms with Gasteiger partial charge in [-0.2, -0.15) is 4.98 Å². The number of nitrogens with zero attached hydrogens (tertiary/aromatic N) is 2. The molecule has 2 rings (SSSR count). The lowest BCUT2D eigenvalue weighted by Crippen LogP contribution is -2.19. The van der Waals surface area contributed by atoms with E-state index in [9.17, 15) is 0 Å². The molecule has 0 radical (unpaired) electrons. The molecule has 0 fully saturated rings. The Bertz CT molecular complexity index is 493. The topological polar surface area (TPSA) is 51.0 Å². The summed E-state index contributed by atoms with van der Waals surface area (Å²) in [6, 6.07) is 8.63. The molecule has 1 heterocycles. The van der Waals surface area contributed by atoms with Gasteiger partial charge in [0.1, 0.15) is 0 Å².